The number of anilines is 1. The summed E-state index contributed by atoms with van der Waals surface area (Å²) >= 11 is 0. The highest BCUT2D eigenvalue weighted by Crippen LogP contribution is 2.27. The van der Waals surface area contributed by atoms with E-state index in [2.05, 4.69) is 18.9 Å². The van der Waals surface area contributed by atoms with E-state index in [1.54, 1.807) is 25.3 Å². The van der Waals surface area contributed by atoms with Crippen LogP contribution in [0.15, 0.2) is 18.2 Å². The molecule has 5 nitrogen and oxygen atoms in total. The van der Waals surface area contributed by atoms with E-state index in [4.69, 9.17) is 10.5 Å². The topological polar surface area (TPSA) is 58.8 Å². The molecule has 1 unspecified atom stereocenters. The van der Waals surface area contributed by atoms with Crippen LogP contribution < -0.4 is 10.5 Å². The first-order chi connectivity index (χ1) is 9.54. The first-order valence-electron chi connectivity index (χ1n) is 6.96. The van der Waals surface area contributed by atoms with Crippen LogP contribution in [0.3, 0.4) is 0 Å². The summed E-state index contributed by atoms with van der Waals surface area (Å²) in [7, 11) is 3.65. The van der Waals surface area contributed by atoms with Crippen molar-refractivity contribution in [2.24, 2.45) is 0 Å². The summed E-state index contributed by atoms with van der Waals surface area (Å²) in [5.41, 5.74) is 6.93. The van der Waals surface area contributed by atoms with Gasteiger partial charge in [-0.15, -0.1) is 0 Å². The Kier molecular flexibility index (Phi) is 4.49. The van der Waals surface area contributed by atoms with Gasteiger partial charge in [0.25, 0.3) is 5.91 Å². The third-order valence-electron chi connectivity index (χ3n) is 3.80. The van der Waals surface area contributed by atoms with Gasteiger partial charge in [-0.2, -0.15) is 0 Å². The Morgan fingerprint density at radius 2 is 2.15 bits per heavy atom. The van der Waals surface area contributed by atoms with Crippen molar-refractivity contribution in [3.8, 4) is 5.75 Å². The fraction of sp³-hybridized carbons (Fsp3) is 0.533. The quantitative estimate of drug-likeness (QED) is 0.831. The van der Waals surface area contributed by atoms with E-state index in [9.17, 15) is 4.79 Å². The van der Waals surface area contributed by atoms with Crippen molar-refractivity contribution < 1.29 is 9.53 Å². The first-order valence-corrected chi connectivity index (χ1v) is 6.96. The predicted molar refractivity (Wildman–Crippen MR) is 80.0 cm³/mol. The fourth-order valence-corrected chi connectivity index (χ4v) is 2.76. The molecule has 1 amide bonds. The molecule has 0 bridgehead atoms. The normalized spacial score (nSPS) is 20.6. The zero-order valence-corrected chi connectivity index (χ0v) is 12.4. The molecule has 0 radical (unpaired) electrons. The van der Waals surface area contributed by atoms with Crippen LogP contribution in [0, 0.1) is 0 Å². The van der Waals surface area contributed by atoms with Crippen LogP contribution in [0.1, 0.15) is 23.7 Å². The lowest BCUT2D eigenvalue weighted by molar-refractivity contribution is 0.0694. The van der Waals surface area contributed by atoms with Gasteiger partial charge in [-0.25, -0.2) is 0 Å². The van der Waals surface area contributed by atoms with E-state index in [-0.39, 0.29) is 11.9 Å². The van der Waals surface area contributed by atoms with E-state index in [0.717, 1.165) is 26.1 Å². The number of benzene rings is 1. The minimum absolute atomic E-state index is 0.0391. The monoisotopic (exact) mass is 277 g/mol. The molecule has 1 atom stereocenters. The molecule has 2 N–H and O–H groups in total. The summed E-state index contributed by atoms with van der Waals surface area (Å²) in [6.45, 7) is 4.71. The van der Waals surface area contributed by atoms with E-state index in [0.29, 0.717) is 17.0 Å². The standard InChI is InChI=1S/C15H23N3O2/c1-11-10-17(2)8-5-9-18(11)15(19)14-12(16)6-4-7-13(14)20-3/h4,6-7,11H,5,8-10,16H2,1-3H3. The second-order valence-corrected chi connectivity index (χ2v) is 5.39. The van der Waals surface area contributed by atoms with Crippen molar-refractivity contribution in [2.45, 2.75) is 19.4 Å². The van der Waals surface area contributed by atoms with Gasteiger partial charge in [0.1, 0.15) is 11.3 Å². The Bertz CT molecular complexity index is 490. The number of likely N-dealkylation sites (N-methyl/N-ethyl adjacent to an activating group) is 1. The highest BCUT2D eigenvalue weighted by Gasteiger charge is 2.28. The molecule has 1 aromatic carbocycles. The van der Waals surface area contributed by atoms with Crippen LogP contribution >= 0.6 is 0 Å². The van der Waals surface area contributed by atoms with Gasteiger partial charge < -0.3 is 20.3 Å². The molecule has 1 aliphatic heterocycles. The van der Waals surface area contributed by atoms with Crippen molar-refractivity contribution in [3.05, 3.63) is 23.8 Å². The maximum Gasteiger partial charge on any atom is 0.260 e. The molecule has 1 heterocycles. The number of hydrogen-bond donors (Lipinski definition) is 1. The summed E-state index contributed by atoms with van der Waals surface area (Å²) in [5.74, 6) is 0.502. The van der Waals surface area contributed by atoms with Crippen LogP contribution in [0.2, 0.25) is 0 Å². The third kappa shape index (κ3) is 2.88. The zero-order valence-electron chi connectivity index (χ0n) is 12.4. The largest absolute Gasteiger partial charge is 0.496 e. The van der Waals surface area contributed by atoms with Crippen LogP contribution in [-0.4, -0.2) is 55.5 Å². The van der Waals surface area contributed by atoms with Crippen LogP contribution in [0.4, 0.5) is 5.69 Å². The minimum Gasteiger partial charge on any atom is -0.496 e. The molecule has 0 spiro atoms. The zero-order chi connectivity index (χ0) is 14.7. The van der Waals surface area contributed by atoms with E-state index in [1.165, 1.54) is 0 Å². The Morgan fingerprint density at radius 1 is 1.40 bits per heavy atom. The molecule has 1 fully saturated rings. The molecule has 0 aliphatic carbocycles. The number of carbonyl (C=O) groups excluding carboxylic acids is 1. The lowest BCUT2D eigenvalue weighted by Gasteiger charge is -2.29. The molecule has 20 heavy (non-hydrogen) atoms. The highest BCUT2D eigenvalue weighted by atomic mass is 16.5. The van der Waals surface area contributed by atoms with Crippen LogP contribution in [0.5, 0.6) is 5.75 Å². The van der Waals surface area contributed by atoms with Crippen molar-refractivity contribution >= 4 is 11.6 Å². The number of carbonyl (C=O) groups is 1. The second-order valence-electron chi connectivity index (χ2n) is 5.39. The van der Waals surface area contributed by atoms with Gasteiger partial charge in [0.15, 0.2) is 0 Å². The van der Waals surface area contributed by atoms with Gasteiger partial charge in [-0.3, -0.25) is 4.79 Å². The number of nitrogen functional groups attached to an aromatic ring is 1. The van der Waals surface area contributed by atoms with Gasteiger partial charge in [0.05, 0.1) is 7.11 Å². The van der Waals surface area contributed by atoms with Crippen molar-refractivity contribution in [2.75, 3.05) is 39.5 Å². The number of rotatable bonds is 2. The molecular formula is C15H23N3O2. The van der Waals surface area contributed by atoms with Gasteiger partial charge in [-0.05, 0) is 39.1 Å². The maximum atomic E-state index is 12.8. The molecule has 1 aromatic rings. The van der Waals surface area contributed by atoms with Crippen molar-refractivity contribution in [1.82, 2.24) is 9.80 Å². The molecule has 5 heteroatoms. The fourth-order valence-electron chi connectivity index (χ4n) is 2.76. The summed E-state index contributed by atoms with van der Waals surface area (Å²) in [6, 6.07) is 5.48. The summed E-state index contributed by atoms with van der Waals surface area (Å²) < 4.78 is 5.29. The van der Waals surface area contributed by atoms with Gasteiger partial charge in [-0.1, -0.05) is 6.07 Å². The average molecular weight is 277 g/mol. The van der Waals surface area contributed by atoms with Crippen molar-refractivity contribution in [3.63, 3.8) is 0 Å². The van der Waals surface area contributed by atoms with Gasteiger partial charge >= 0.3 is 0 Å². The predicted octanol–water partition coefficient (Wildman–Crippen LogP) is 1.44. The Balaban J connectivity index is 2.31. The van der Waals surface area contributed by atoms with Gasteiger partial charge in [0.2, 0.25) is 0 Å². The number of amides is 1. The van der Waals surface area contributed by atoms with Crippen LogP contribution in [0.25, 0.3) is 0 Å². The minimum atomic E-state index is -0.0391. The number of methoxy groups -OCH3 is 1. The molecule has 0 saturated carbocycles. The Morgan fingerprint density at radius 3 is 2.85 bits per heavy atom. The highest BCUT2D eigenvalue weighted by molar-refractivity contribution is 6.02. The van der Waals surface area contributed by atoms with E-state index < -0.39 is 0 Å². The Hall–Kier alpha value is -1.75. The number of hydrogen-bond acceptors (Lipinski definition) is 4. The summed E-state index contributed by atoms with van der Waals surface area (Å²) in [5, 5.41) is 0. The lowest BCUT2D eigenvalue weighted by atomic mass is 10.1. The van der Waals surface area contributed by atoms with E-state index >= 15 is 0 Å². The van der Waals surface area contributed by atoms with Crippen molar-refractivity contribution in [1.29, 1.82) is 0 Å². The summed E-state index contributed by atoms with van der Waals surface area (Å²) in [6.07, 6.45) is 0.974. The van der Waals surface area contributed by atoms with Crippen LogP contribution in [-0.2, 0) is 0 Å². The molecular weight excluding hydrogens is 254 g/mol. The SMILES string of the molecule is COc1cccc(N)c1C(=O)N1CCCN(C)CC1C. The second kappa shape index (κ2) is 6.13. The first kappa shape index (κ1) is 14.7. The number of ether oxygens (including phenoxy) is 1. The smallest absolute Gasteiger partial charge is 0.260 e. The van der Waals surface area contributed by atoms with E-state index in [1.807, 2.05) is 4.90 Å². The third-order valence-corrected chi connectivity index (χ3v) is 3.80. The number of nitrogens with two attached hydrogens (primary N) is 1. The molecule has 1 saturated heterocycles. The lowest BCUT2D eigenvalue weighted by Crippen LogP contribution is -2.42. The number of nitrogens with zero attached hydrogens (tertiary/aromatic N) is 2. The molecule has 110 valence electrons. The molecule has 0 aromatic heterocycles. The Labute approximate surface area is 120 Å². The van der Waals surface area contributed by atoms with Gasteiger partial charge in [0, 0.05) is 24.8 Å². The molecule has 2 rings (SSSR count). The average Bonchev–Trinajstić information content (AvgIpc) is 2.58. The molecule has 1 aliphatic rings. The summed E-state index contributed by atoms with van der Waals surface area (Å²) in [4.78, 5) is 17.0. The maximum absolute atomic E-state index is 12.8.